The second-order valence-corrected chi connectivity index (χ2v) is 5.40. The first kappa shape index (κ1) is 11.7. The molecule has 0 spiro atoms. The minimum atomic E-state index is 0.175. The average molecular weight is 257 g/mol. The third-order valence-corrected chi connectivity index (χ3v) is 2.67. The van der Waals surface area contributed by atoms with Crippen LogP contribution in [0.2, 0.25) is 0 Å². The Morgan fingerprint density at radius 1 is 1.29 bits per heavy atom. The maximum absolute atomic E-state index is 5.20. The van der Waals surface area contributed by atoms with Gasteiger partial charge in [-0.05, 0) is 28.7 Å². The molecular formula is C12H17BrO. The highest BCUT2D eigenvalue weighted by molar-refractivity contribution is 9.10. The minimum absolute atomic E-state index is 0.175. The molecule has 0 fully saturated rings. The summed E-state index contributed by atoms with van der Waals surface area (Å²) in [6.45, 7) is 7.33. The molecule has 0 aromatic heterocycles. The van der Waals surface area contributed by atoms with Crippen LogP contribution in [-0.2, 0) is 16.8 Å². The van der Waals surface area contributed by atoms with E-state index in [4.69, 9.17) is 4.74 Å². The van der Waals surface area contributed by atoms with Gasteiger partial charge in [0.05, 0.1) is 6.61 Å². The zero-order valence-corrected chi connectivity index (χ0v) is 10.8. The number of methoxy groups -OCH3 is 1. The van der Waals surface area contributed by atoms with Gasteiger partial charge in [-0.25, -0.2) is 0 Å². The summed E-state index contributed by atoms with van der Waals surface area (Å²) in [5, 5.41) is 0. The number of hydrogen-bond donors (Lipinski definition) is 0. The van der Waals surface area contributed by atoms with Gasteiger partial charge in [0.15, 0.2) is 0 Å². The molecule has 0 N–H and O–H groups in total. The molecule has 0 aliphatic carbocycles. The second-order valence-electron chi connectivity index (χ2n) is 4.48. The summed E-state index contributed by atoms with van der Waals surface area (Å²) in [6, 6.07) is 6.38. The van der Waals surface area contributed by atoms with Crippen molar-refractivity contribution < 1.29 is 4.74 Å². The van der Waals surface area contributed by atoms with Crippen molar-refractivity contribution in [2.75, 3.05) is 7.11 Å². The van der Waals surface area contributed by atoms with Crippen LogP contribution in [0.3, 0.4) is 0 Å². The lowest BCUT2D eigenvalue weighted by atomic mass is 9.84. The highest BCUT2D eigenvalue weighted by Crippen LogP contribution is 2.28. The fourth-order valence-electron chi connectivity index (χ4n) is 1.57. The van der Waals surface area contributed by atoms with Gasteiger partial charge in [-0.1, -0.05) is 42.8 Å². The number of ether oxygens (including phenoxy) is 1. The van der Waals surface area contributed by atoms with E-state index in [0.29, 0.717) is 6.61 Å². The van der Waals surface area contributed by atoms with Crippen molar-refractivity contribution in [3.05, 3.63) is 33.8 Å². The third-order valence-electron chi connectivity index (χ3n) is 2.18. The van der Waals surface area contributed by atoms with Crippen LogP contribution in [0.15, 0.2) is 22.7 Å². The lowest BCUT2D eigenvalue weighted by Crippen LogP contribution is -2.14. The van der Waals surface area contributed by atoms with Crippen LogP contribution in [0.4, 0.5) is 0 Å². The lowest BCUT2D eigenvalue weighted by Gasteiger charge is -2.22. The van der Waals surface area contributed by atoms with Gasteiger partial charge in [0, 0.05) is 11.6 Å². The average Bonchev–Trinajstić information content (AvgIpc) is 2.02. The number of halogens is 1. The van der Waals surface area contributed by atoms with Gasteiger partial charge >= 0.3 is 0 Å². The third kappa shape index (κ3) is 2.82. The summed E-state index contributed by atoms with van der Waals surface area (Å²) in [5.41, 5.74) is 2.78. The van der Waals surface area contributed by atoms with Crippen LogP contribution < -0.4 is 0 Å². The molecule has 0 atom stereocenters. The molecular weight excluding hydrogens is 240 g/mol. The van der Waals surface area contributed by atoms with Gasteiger partial charge in [0.25, 0.3) is 0 Å². The Balaban J connectivity index is 3.15. The molecule has 0 saturated heterocycles. The standard InChI is InChI=1S/C12H17BrO/c1-12(2,3)11-6-5-10(13)7-9(11)8-14-4/h5-7H,8H2,1-4H3. The topological polar surface area (TPSA) is 9.23 Å². The molecule has 1 aromatic rings. The van der Waals surface area contributed by atoms with E-state index in [1.54, 1.807) is 7.11 Å². The van der Waals surface area contributed by atoms with E-state index in [2.05, 4.69) is 54.9 Å². The summed E-state index contributed by atoms with van der Waals surface area (Å²) >= 11 is 3.48. The summed E-state index contributed by atoms with van der Waals surface area (Å²) in [4.78, 5) is 0. The summed E-state index contributed by atoms with van der Waals surface area (Å²) in [6.07, 6.45) is 0. The zero-order chi connectivity index (χ0) is 10.8. The van der Waals surface area contributed by atoms with Crippen molar-refractivity contribution >= 4 is 15.9 Å². The van der Waals surface area contributed by atoms with Crippen molar-refractivity contribution in [2.24, 2.45) is 0 Å². The van der Waals surface area contributed by atoms with Gasteiger partial charge in [-0.15, -0.1) is 0 Å². The van der Waals surface area contributed by atoms with E-state index in [9.17, 15) is 0 Å². The smallest absolute Gasteiger partial charge is 0.0716 e. The first-order chi connectivity index (χ1) is 6.45. The predicted octanol–water partition coefficient (Wildman–Crippen LogP) is 3.89. The lowest BCUT2D eigenvalue weighted by molar-refractivity contribution is 0.183. The zero-order valence-electron chi connectivity index (χ0n) is 9.23. The van der Waals surface area contributed by atoms with Gasteiger partial charge in [-0.2, -0.15) is 0 Å². The SMILES string of the molecule is COCc1cc(Br)ccc1C(C)(C)C. The Hall–Kier alpha value is -0.340. The van der Waals surface area contributed by atoms with Gasteiger partial charge in [0.2, 0.25) is 0 Å². The first-order valence-corrected chi connectivity index (χ1v) is 5.52. The fraction of sp³-hybridized carbons (Fsp3) is 0.500. The predicted molar refractivity (Wildman–Crippen MR) is 63.6 cm³/mol. The molecule has 14 heavy (non-hydrogen) atoms. The summed E-state index contributed by atoms with van der Waals surface area (Å²) in [7, 11) is 1.73. The van der Waals surface area contributed by atoms with Gasteiger partial charge in [0.1, 0.15) is 0 Å². The van der Waals surface area contributed by atoms with Gasteiger partial charge < -0.3 is 4.74 Å². The molecule has 0 radical (unpaired) electrons. The van der Waals surface area contributed by atoms with E-state index < -0.39 is 0 Å². The van der Waals surface area contributed by atoms with Crippen molar-refractivity contribution in [2.45, 2.75) is 32.8 Å². The molecule has 0 amide bonds. The van der Waals surface area contributed by atoms with Gasteiger partial charge in [-0.3, -0.25) is 0 Å². The van der Waals surface area contributed by atoms with E-state index in [1.165, 1.54) is 11.1 Å². The quantitative estimate of drug-likeness (QED) is 0.780. The number of rotatable bonds is 2. The molecule has 1 aromatic carbocycles. The van der Waals surface area contributed by atoms with E-state index in [1.807, 2.05) is 0 Å². The molecule has 2 heteroatoms. The van der Waals surface area contributed by atoms with Crippen LogP contribution in [0.1, 0.15) is 31.9 Å². The highest BCUT2D eigenvalue weighted by Gasteiger charge is 2.17. The first-order valence-electron chi connectivity index (χ1n) is 4.73. The van der Waals surface area contributed by atoms with E-state index in [0.717, 1.165) is 4.47 Å². The van der Waals surface area contributed by atoms with E-state index in [-0.39, 0.29) is 5.41 Å². The maximum atomic E-state index is 5.20. The fourth-order valence-corrected chi connectivity index (χ4v) is 1.98. The van der Waals surface area contributed by atoms with Crippen LogP contribution >= 0.6 is 15.9 Å². The molecule has 1 rings (SSSR count). The molecule has 0 heterocycles. The largest absolute Gasteiger partial charge is 0.380 e. The summed E-state index contributed by atoms with van der Waals surface area (Å²) < 4.78 is 6.31. The Morgan fingerprint density at radius 2 is 1.93 bits per heavy atom. The van der Waals surface area contributed by atoms with Crippen molar-refractivity contribution in [1.29, 1.82) is 0 Å². The Bertz CT molecular complexity index is 313. The molecule has 1 nitrogen and oxygen atoms in total. The van der Waals surface area contributed by atoms with E-state index >= 15 is 0 Å². The monoisotopic (exact) mass is 256 g/mol. The molecule has 0 saturated carbocycles. The maximum Gasteiger partial charge on any atom is 0.0716 e. The molecule has 0 unspecified atom stereocenters. The van der Waals surface area contributed by atoms with Crippen molar-refractivity contribution in [1.82, 2.24) is 0 Å². The highest BCUT2D eigenvalue weighted by atomic mass is 79.9. The minimum Gasteiger partial charge on any atom is -0.380 e. The number of hydrogen-bond acceptors (Lipinski definition) is 1. The summed E-state index contributed by atoms with van der Waals surface area (Å²) in [5.74, 6) is 0. The Kier molecular flexibility index (Phi) is 3.73. The Labute approximate surface area is 94.6 Å². The second kappa shape index (κ2) is 4.45. The normalized spacial score (nSPS) is 11.8. The van der Waals surface area contributed by atoms with Crippen LogP contribution in [-0.4, -0.2) is 7.11 Å². The van der Waals surface area contributed by atoms with Crippen LogP contribution in [0, 0.1) is 0 Å². The molecule has 0 bridgehead atoms. The van der Waals surface area contributed by atoms with Crippen LogP contribution in [0.5, 0.6) is 0 Å². The number of benzene rings is 1. The van der Waals surface area contributed by atoms with Crippen molar-refractivity contribution in [3.8, 4) is 0 Å². The molecule has 0 aliphatic heterocycles. The van der Waals surface area contributed by atoms with Crippen molar-refractivity contribution in [3.63, 3.8) is 0 Å². The Morgan fingerprint density at radius 3 is 2.43 bits per heavy atom. The van der Waals surface area contributed by atoms with Crippen LogP contribution in [0.25, 0.3) is 0 Å². The molecule has 0 aliphatic rings. The molecule has 78 valence electrons.